The van der Waals surface area contributed by atoms with Gasteiger partial charge in [0.25, 0.3) is 0 Å². The standard InChI is InChI=1S/C43H57N11O6/c1-3-26(2)37(42(60)53-33(39(57)50-25-36(45)55)21-27-13-6-4-7-14-27)54-41(59)34(22-28-15-8-5-9-16-28)52-40(58)35(23-29-24-49-32-19-11-10-17-30(29)32)51-38(56)31(44)18-12-20-48-43(46)47/h4-11,13-17,19,24,26,31,33-35,37,49H,3,12,18,20-23,25,44H2,1-2H3,(H2,45,55)(H,50,57)(H,51,56)(H,52,58)(H,53,60)(H,54,59)(H4,46,47,48)/t26-,31+,33-,34-,35+,37-/m1/s1. The van der Waals surface area contributed by atoms with E-state index in [1.54, 1.807) is 61.7 Å². The van der Waals surface area contributed by atoms with E-state index in [0.717, 1.165) is 27.6 Å². The van der Waals surface area contributed by atoms with Gasteiger partial charge >= 0.3 is 0 Å². The fraction of sp³-hybridized carbons (Fsp3) is 0.372. The third-order valence-electron chi connectivity index (χ3n) is 10.1. The van der Waals surface area contributed by atoms with Gasteiger partial charge in [0.1, 0.15) is 24.2 Å². The number of aliphatic imine (C=N–C) groups is 1. The minimum absolute atomic E-state index is 0.0392. The number of para-hydroxylation sites is 1. The number of carbonyl (C=O) groups is 6. The summed E-state index contributed by atoms with van der Waals surface area (Å²) in [7, 11) is 0. The normalized spacial score (nSPS) is 14.0. The summed E-state index contributed by atoms with van der Waals surface area (Å²) in [5, 5.41) is 14.6. The second-order valence-electron chi connectivity index (χ2n) is 14.7. The number of guanidine groups is 1. The Kier molecular flexibility index (Phi) is 17.6. The van der Waals surface area contributed by atoms with Crippen molar-refractivity contribution < 1.29 is 28.8 Å². The second-order valence-corrected chi connectivity index (χ2v) is 14.7. The van der Waals surface area contributed by atoms with Crippen LogP contribution in [0.1, 0.15) is 49.8 Å². The van der Waals surface area contributed by atoms with Gasteiger partial charge in [-0.25, -0.2) is 0 Å². The molecule has 0 saturated carbocycles. The van der Waals surface area contributed by atoms with Crippen molar-refractivity contribution in [2.75, 3.05) is 13.1 Å². The van der Waals surface area contributed by atoms with E-state index in [0.29, 0.717) is 12.8 Å². The van der Waals surface area contributed by atoms with Crippen molar-refractivity contribution in [2.24, 2.45) is 33.8 Å². The van der Waals surface area contributed by atoms with E-state index in [4.69, 9.17) is 22.9 Å². The van der Waals surface area contributed by atoms with Crippen molar-refractivity contribution in [3.05, 3.63) is 108 Å². The molecule has 0 fully saturated rings. The van der Waals surface area contributed by atoms with Crippen LogP contribution in [-0.2, 0) is 48.0 Å². The van der Waals surface area contributed by atoms with Crippen LogP contribution < -0.4 is 49.5 Å². The number of nitrogens with two attached hydrogens (primary N) is 4. The zero-order chi connectivity index (χ0) is 43.6. The van der Waals surface area contributed by atoms with Crippen LogP contribution in [0.4, 0.5) is 0 Å². The highest BCUT2D eigenvalue weighted by atomic mass is 16.2. The maximum atomic E-state index is 14.4. The summed E-state index contributed by atoms with van der Waals surface area (Å²) in [5.41, 5.74) is 25.4. The SMILES string of the molecule is CC[C@@H](C)[C@@H](NC(=O)[C@@H](Cc1ccccc1)NC(=O)[C@H](Cc1c[nH]c2ccccc12)NC(=O)[C@@H](N)CCCN=C(N)N)C(=O)N[C@H](Cc1ccccc1)C(=O)NCC(N)=O. The van der Waals surface area contributed by atoms with Crippen molar-refractivity contribution in [3.63, 3.8) is 0 Å². The predicted octanol–water partition coefficient (Wildman–Crippen LogP) is 0.164. The number of H-pyrrole nitrogens is 1. The van der Waals surface area contributed by atoms with Gasteiger partial charge in [0.2, 0.25) is 35.4 Å². The summed E-state index contributed by atoms with van der Waals surface area (Å²) in [6.07, 6.45) is 3.07. The highest BCUT2D eigenvalue weighted by Crippen LogP contribution is 2.20. The van der Waals surface area contributed by atoms with Crippen molar-refractivity contribution >= 4 is 52.3 Å². The Balaban J connectivity index is 1.60. The average Bonchev–Trinajstić information content (AvgIpc) is 3.65. The van der Waals surface area contributed by atoms with Gasteiger partial charge in [0, 0.05) is 42.9 Å². The molecule has 3 aromatic carbocycles. The Labute approximate surface area is 349 Å². The number of benzene rings is 3. The Morgan fingerprint density at radius 3 is 1.80 bits per heavy atom. The van der Waals surface area contributed by atoms with Crippen LogP contribution in [0.15, 0.2) is 96.1 Å². The minimum Gasteiger partial charge on any atom is -0.370 e. The first-order valence-electron chi connectivity index (χ1n) is 20.0. The molecule has 4 rings (SSSR count). The molecule has 0 bridgehead atoms. The lowest BCUT2D eigenvalue weighted by atomic mass is 9.96. The molecule has 17 nitrogen and oxygen atoms in total. The first kappa shape index (κ1) is 45.9. The fourth-order valence-electron chi connectivity index (χ4n) is 6.56. The maximum absolute atomic E-state index is 14.4. The molecule has 320 valence electrons. The van der Waals surface area contributed by atoms with Gasteiger partial charge in [-0.1, -0.05) is 99.1 Å². The quantitative estimate of drug-likeness (QED) is 0.0277. The Bertz CT molecular complexity index is 2090. The third-order valence-corrected chi connectivity index (χ3v) is 10.1. The van der Waals surface area contributed by atoms with Gasteiger partial charge in [-0.3, -0.25) is 33.8 Å². The zero-order valence-electron chi connectivity index (χ0n) is 34.0. The summed E-state index contributed by atoms with van der Waals surface area (Å²) < 4.78 is 0. The molecule has 0 aliphatic rings. The number of aromatic nitrogens is 1. The lowest BCUT2D eigenvalue weighted by Crippen LogP contribution is -2.61. The van der Waals surface area contributed by atoms with E-state index in [-0.39, 0.29) is 38.2 Å². The van der Waals surface area contributed by atoms with E-state index in [9.17, 15) is 28.8 Å². The maximum Gasteiger partial charge on any atom is 0.243 e. The molecular weight excluding hydrogens is 767 g/mol. The zero-order valence-corrected chi connectivity index (χ0v) is 34.0. The Morgan fingerprint density at radius 2 is 1.20 bits per heavy atom. The van der Waals surface area contributed by atoms with Gasteiger partial charge in [-0.05, 0) is 41.5 Å². The lowest BCUT2D eigenvalue weighted by molar-refractivity contribution is -0.135. The minimum atomic E-state index is -1.21. The number of hydrogen-bond acceptors (Lipinski definition) is 8. The summed E-state index contributed by atoms with van der Waals surface area (Å²) >= 11 is 0. The third kappa shape index (κ3) is 14.3. The molecule has 1 heterocycles. The molecule has 60 heavy (non-hydrogen) atoms. The van der Waals surface area contributed by atoms with Crippen LogP contribution in [-0.4, -0.2) is 89.7 Å². The molecule has 0 aliphatic carbocycles. The summed E-state index contributed by atoms with van der Waals surface area (Å²) in [4.78, 5) is 88.1. The number of fused-ring (bicyclic) bond motifs is 1. The molecule has 0 saturated heterocycles. The monoisotopic (exact) mass is 823 g/mol. The first-order valence-corrected chi connectivity index (χ1v) is 20.0. The molecule has 6 amide bonds. The van der Waals surface area contributed by atoms with Crippen molar-refractivity contribution in [1.29, 1.82) is 0 Å². The van der Waals surface area contributed by atoms with E-state index >= 15 is 0 Å². The topological polar surface area (TPSA) is 295 Å². The molecule has 14 N–H and O–H groups in total. The van der Waals surface area contributed by atoms with Crippen molar-refractivity contribution in [3.8, 4) is 0 Å². The number of aromatic amines is 1. The van der Waals surface area contributed by atoms with Crippen molar-refractivity contribution in [2.45, 2.75) is 82.6 Å². The smallest absolute Gasteiger partial charge is 0.243 e. The molecule has 0 aliphatic heterocycles. The van der Waals surface area contributed by atoms with Crippen LogP contribution >= 0.6 is 0 Å². The van der Waals surface area contributed by atoms with Gasteiger partial charge in [0.05, 0.1) is 12.6 Å². The van der Waals surface area contributed by atoms with E-state index in [1.807, 2.05) is 43.3 Å². The van der Waals surface area contributed by atoms with Crippen LogP contribution in [0.3, 0.4) is 0 Å². The molecule has 1 aromatic heterocycles. The van der Waals surface area contributed by atoms with Crippen LogP contribution in [0.25, 0.3) is 10.9 Å². The molecule has 0 radical (unpaired) electrons. The summed E-state index contributed by atoms with van der Waals surface area (Å²) in [5.74, 6) is -4.43. The van der Waals surface area contributed by atoms with Crippen molar-refractivity contribution in [1.82, 2.24) is 31.6 Å². The number of amides is 6. The molecule has 17 heteroatoms. The van der Waals surface area contributed by atoms with Crippen LogP contribution in [0.2, 0.25) is 0 Å². The average molecular weight is 824 g/mol. The van der Waals surface area contributed by atoms with Crippen LogP contribution in [0, 0.1) is 5.92 Å². The largest absolute Gasteiger partial charge is 0.370 e. The number of nitrogens with one attached hydrogen (secondary N) is 6. The number of rotatable bonds is 23. The van der Waals surface area contributed by atoms with E-state index in [2.05, 4.69) is 36.6 Å². The van der Waals surface area contributed by atoms with Gasteiger partial charge in [-0.2, -0.15) is 0 Å². The van der Waals surface area contributed by atoms with E-state index in [1.165, 1.54) is 0 Å². The number of carbonyl (C=O) groups excluding carboxylic acids is 6. The Hall–Kier alpha value is -6.75. The second kappa shape index (κ2) is 23.0. The van der Waals surface area contributed by atoms with Gasteiger partial charge < -0.3 is 54.5 Å². The van der Waals surface area contributed by atoms with Gasteiger partial charge in [-0.15, -0.1) is 0 Å². The predicted molar refractivity (Wildman–Crippen MR) is 230 cm³/mol. The fourth-order valence-corrected chi connectivity index (χ4v) is 6.56. The first-order chi connectivity index (χ1) is 28.7. The summed E-state index contributed by atoms with van der Waals surface area (Å²) in [6, 6.07) is 19.9. The molecule has 4 aromatic rings. The Morgan fingerprint density at radius 1 is 0.667 bits per heavy atom. The summed E-state index contributed by atoms with van der Waals surface area (Å²) in [6.45, 7) is 3.47. The molecule has 0 spiro atoms. The molecule has 0 unspecified atom stereocenters. The molecular formula is C43H57N11O6. The van der Waals surface area contributed by atoms with Crippen LogP contribution in [0.5, 0.6) is 0 Å². The molecule has 6 atom stereocenters. The van der Waals surface area contributed by atoms with Gasteiger partial charge in [0.15, 0.2) is 5.96 Å². The lowest BCUT2D eigenvalue weighted by Gasteiger charge is -2.29. The number of hydrogen-bond donors (Lipinski definition) is 10. The number of nitrogens with zero attached hydrogens (tertiary/aromatic N) is 1. The highest BCUT2D eigenvalue weighted by molar-refractivity contribution is 5.97. The van der Waals surface area contributed by atoms with E-state index < -0.39 is 78.1 Å². The number of primary amides is 1. The highest BCUT2D eigenvalue weighted by Gasteiger charge is 2.34.